The van der Waals surface area contributed by atoms with E-state index in [4.69, 9.17) is 9.47 Å². The number of rotatable bonds is 9. The summed E-state index contributed by atoms with van der Waals surface area (Å²) in [6.45, 7) is 1.55. The van der Waals surface area contributed by atoms with Gasteiger partial charge in [0.1, 0.15) is 12.4 Å². The van der Waals surface area contributed by atoms with E-state index >= 15 is 0 Å². The number of pyridine rings is 1. The largest absolute Gasteiger partial charge is 0.491 e. The molecule has 0 aliphatic rings. The minimum absolute atomic E-state index is 0.0655. The number of aromatic nitrogens is 1. The van der Waals surface area contributed by atoms with Gasteiger partial charge in [0.05, 0.1) is 13.2 Å². The van der Waals surface area contributed by atoms with Crippen molar-refractivity contribution in [2.45, 2.75) is 13.0 Å². The highest BCUT2D eigenvalue weighted by atomic mass is 16.5. The van der Waals surface area contributed by atoms with E-state index in [1.54, 1.807) is 24.5 Å². The quantitative estimate of drug-likeness (QED) is 0.432. The lowest BCUT2D eigenvalue weighted by Crippen LogP contribution is -2.07. The van der Waals surface area contributed by atoms with E-state index in [-0.39, 0.29) is 5.78 Å². The lowest BCUT2D eigenvalue weighted by molar-refractivity contribution is 0.0889. The van der Waals surface area contributed by atoms with E-state index in [2.05, 4.69) is 4.98 Å². The summed E-state index contributed by atoms with van der Waals surface area (Å²) in [5.74, 6) is 0.794. The van der Waals surface area contributed by atoms with E-state index < -0.39 is 0 Å². The number of ether oxygens (including phenoxy) is 2. The minimum Gasteiger partial charge on any atom is -0.491 e. The molecule has 26 heavy (non-hydrogen) atoms. The maximum Gasteiger partial charge on any atom is 0.167 e. The van der Waals surface area contributed by atoms with Crippen LogP contribution < -0.4 is 4.74 Å². The van der Waals surface area contributed by atoms with Crippen molar-refractivity contribution in [2.24, 2.45) is 0 Å². The van der Waals surface area contributed by atoms with Crippen molar-refractivity contribution in [3.63, 3.8) is 0 Å². The Morgan fingerprint density at radius 1 is 0.846 bits per heavy atom. The normalized spacial score (nSPS) is 10.5. The van der Waals surface area contributed by atoms with E-state index in [0.29, 0.717) is 31.8 Å². The van der Waals surface area contributed by atoms with Crippen molar-refractivity contribution in [1.29, 1.82) is 0 Å². The molecule has 0 saturated carbocycles. The first-order valence-corrected chi connectivity index (χ1v) is 8.58. The van der Waals surface area contributed by atoms with Gasteiger partial charge in [0.15, 0.2) is 5.78 Å². The zero-order valence-corrected chi connectivity index (χ0v) is 14.5. The van der Waals surface area contributed by atoms with Crippen molar-refractivity contribution in [3.8, 4) is 5.75 Å². The molecule has 0 aliphatic carbocycles. The molecule has 3 rings (SSSR count). The van der Waals surface area contributed by atoms with Gasteiger partial charge in [-0.15, -0.1) is 0 Å². The van der Waals surface area contributed by atoms with Gasteiger partial charge in [-0.1, -0.05) is 36.4 Å². The van der Waals surface area contributed by atoms with Crippen molar-refractivity contribution in [1.82, 2.24) is 4.98 Å². The summed E-state index contributed by atoms with van der Waals surface area (Å²) in [6, 6.07) is 21.0. The first-order valence-electron chi connectivity index (χ1n) is 8.58. The molecule has 1 heterocycles. The van der Waals surface area contributed by atoms with Crippen LogP contribution in [0.3, 0.4) is 0 Å². The average Bonchev–Trinajstić information content (AvgIpc) is 2.70. The molecule has 2 aromatic carbocycles. The van der Waals surface area contributed by atoms with Gasteiger partial charge in [0, 0.05) is 24.4 Å². The highest BCUT2D eigenvalue weighted by Crippen LogP contribution is 2.14. The van der Waals surface area contributed by atoms with Gasteiger partial charge in [-0.3, -0.25) is 9.78 Å². The Hall–Kier alpha value is -2.98. The zero-order valence-electron chi connectivity index (χ0n) is 14.5. The molecular formula is C22H21NO3. The Bertz CT molecular complexity index is 802. The second-order valence-corrected chi connectivity index (χ2v) is 5.87. The first kappa shape index (κ1) is 17.8. The molecule has 3 aromatic rings. The van der Waals surface area contributed by atoms with Gasteiger partial charge >= 0.3 is 0 Å². The maximum atomic E-state index is 12.3. The lowest BCUT2D eigenvalue weighted by Gasteiger charge is -2.08. The number of hydrogen-bond donors (Lipinski definition) is 0. The van der Waals surface area contributed by atoms with Crippen LogP contribution in [-0.2, 0) is 17.8 Å². The number of benzene rings is 2. The Morgan fingerprint density at radius 3 is 2.35 bits per heavy atom. The molecule has 0 atom stereocenters. The third kappa shape index (κ3) is 5.53. The van der Waals surface area contributed by atoms with Crippen LogP contribution in [0.25, 0.3) is 0 Å². The van der Waals surface area contributed by atoms with Crippen molar-refractivity contribution in [2.75, 3.05) is 13.2 Å². The van der Waals surface area contributed by atoms with Crippen molar-refractivity contribution >= 4 is 5.78 Å². The standard InChI is InChI=1S/C22H21NO3/c24-22(15-19-7-4-12-23-16-19)20-8-10-21(11-9-20)26-14-13-25-17-18-5-2-1-3-6-18/h1-12,16H,13-15,17H2. The maximum absolute atomic E-state index is 12.3. The summed E-state index contributed by atoms with van der Waals surface area (Å²) in [5, 5.41) is 0. The van der Waals surface area contributed by atoms with Gasteiger partial charge in [-0.05, 0) is 41.5 Å². The summed E-state index contributed by atoms with van der Waals surface area (Å²) in [5.41, 5.74) is 2.72. The Balaban J connectivity index is 1.40. The molecule has 4 heteroatoms. The van der Waals surface area contributed by atoms with Crippen LogP contribution in [0.15, 0.2) is 79.1 Å². The average molecular weight is 347 g/mol. The third-order valence-corrected chi connectivity index (χ3v) is 3.87. The summed E-state index contributed by atoms with van der Waals surface area (Å²) >= 11 is 0. The number of carbonyl (C=O) groups is 1. The lowest BCUT2D eigenvalue weighted by atomic mass is 10.0. The molecule has 1 aromatic heterocycles. The highest BCUT2D eigenvalue weighted by Gasteiger charge is 2.07. The molecule has 0 radical (unpaired) electrons. The minimum atomic E-state index is 0.0655. The summed E-state index contributed by atoms with van der Waals surface area (Å²) in [7, 11) is 0. The van der Waals surface area contributed by atoms with Crippen LogP contribution in [0.5, 0.6) is 5.75 Å². The van der Waals surface area contributed by atoms with Gasteiger partial charge < -0.3 is 9.47 Å². The van der Waals surface area contributed by atoms with Gasteiger partial charge in [-0.2, -0.15) is 0 Å². The van der Waals surface area contributed by atoms with Crippen LogP contribution in [0.4, 0.5) is 0 Å². The SMILES string of the molecule is O=C(Cc1cccnc1)c1ccc(OCCOCc2ccccc2)cc1. The predicted molar refractivity (Wildman–Crippen MR) is 100 cm³/mol. The fourth-order valence-corrected chi connectivity index (χ4v) is 2.51. The Kier molecular flexibility index (Phi) is 6.51. The molecule has 0 amide bonds. The number of hydrogen-bond acceptors (Lipinski definition) is 4. The molecule has 0 aliphatic heterocycles. The zero-order chi connectivity index (χ0) is 18.0. The fourth-order valence-electron chi connectivity index (χ4n) is 2.51. The summed E-state index contributed by atoms with van der Waals surface area (Å²) < 4.78 is 11.2. The molecule has 0 N–H and O–H groups in total. The van der Waals surface area contributed by atoms with Gasteiger partial charge in [0.2, 0.25) is 0 Å². The van der Waals surface area contributed by atoms with Gasteiger partial charge in [0.25, 0.3) is 0 Å². The number of Topliss-reactive ketones (excluding diaryl/α,β-unsaturated/α-hetero) is 1. The van der Waals surface area contributed by atoms with Crippen LogP contribution in [-0.4, -0.2) is 24.0 Å². The molecule has 0 unspecified atom stereocenters. The van der Waals surface area contributed by atoms with Crippen molar-refractivity contribution < 1.29 is 14.3 Å². The van der Waals surface area contributed by atoms with Crippen LogP contribution in [0.1, 0.15) is 21.5 Å². The van der Waals surface area contributed by atoms with Crippen LogP contribution >= 0.6 is 0 Å². The fraction of sp³-hybridized carbons (Fsp3) is 0.182. The summed E-state index contributed by atoms with van der Waals surface area (Å²) in [4.78, 5) is 16.3. The molecule has 0 spiro atoms. The molecule has 0 saturated heterocycles. The van der Waals surface area contributed by atoms with Crippen LogP contribution in [0, 0.1) is 0 Å². The molecule has 0 fully saturated rings. The molecule has 132 valence electrons. The monoisotopic (exact) mass is 347 g/mol. The van der Waals surface area contributed by atoms with Crippen LogP contribution in [0.2, 0.25) is 0 Å². The third-order valence-electron chi connectivity index (χ3n) is 3.87. The highest BCUT2D eigenvalue weighted by molar-refractivity contribution is 5.97. The molecule has 4 nitrogen and oxygen atoms in total. The van der Waals surface area contributed by atoms with Crippen molar-refractivity contribution in [3.05, 3.63) is 95.8 Å². The topological polar surface area (TPSA) is 48.4 Å². The Labute approximate surface area is 153 Å². The summed E-state index contributed by atoms with van der Waals surface area (Å²) in [6.07, 6.45) is 3.76. The molecule has 0 bridgehead atoms. The van der Waals surface area contributed by atoms with E-state index in [1.807, 2.05) is 54.6 Å². The Morgan fingerprint density at radius 2 is 1.62 bits per heavy atom. The van der Waals surface area contributed by atoms with E-state index in [1.165, 1.54) is 0 Å². The number of ketones is 1. The van der Waals surface area contributed by atoms with E-state index in [9.17, 15) is 4.79 Å². The van der Waals surface area contributed by atoms with E-state index in [0.717, 1.165) is 16.9 Å². The smallest absolute Gasteiger partial charge is 0.167 e. The second kappa shape index (κ2) is 9.49. The predicted octanol–water partition coefficient (Wildman–Crippen LogP) is 4.10. The second-order valence-electron chi connectivity index (χ2n) is 5.87. The first-order chi connectivity index (χ1) is 12.8. The van der Waals surface area contributed by atoms with Gasteiger partial charge in [-0.25, -0.2) is 0 Å². The number of nitrogens with zero attached hydrogens (tertiary/aromatic N) is 1. The number of carbonyl (C=O) groups excluding carboxylic acids is 1. The molecular weight excluding hydrogens is 326 g/mol.